The Kier molecular flexibility index (Phi) is 9.59. The number of thiol groups is 2. The molecule has 0 aliphatic carbocycles. The van der Waals surface area contributed by atoms with Gasteiger partial charge in [0.05, 0.1) is 0 Å². The lowest BCUT2D eigenvalue weighted by Gasteiger charge is -2.32. The monoisotopic (exact) mass is 301 g/mol. The van der Waals surface area contributed by atoms with Gasteiger partial charge in [-0.1, -0.05) is 6.92 Å². The molecule has 0 amide bonds. The molecule has 0 aromatic rings. The average Bonchev–Trinajstić information content (AvgIpc) is 2.28. The maximum Gasteiger partial charge on any atom is 0.175 e. The molecule has 0 heterocycles. The molecule has 18 heavy (non-hydrogen) atoms. The summed E-state index contributed by atoms with van der Waals surface area (Å²) in [5.41, 5.74) is 0. The van der Waals surface area contributed by atoms with Crippen LogP contribution >= 0.6 is 25.3 Å². The standard InChI is InChI=1S/C11H25F2N3S2/c1-3-15-11(13,5-7-18)9-16-10(12,4-6-17)8-14-2/h14-18H,3-9H2,1-2H3/t10-,11+/m1/s1. The number of hydrogen-bond acceptors (Lipinski definition) is 5. The smallest absolute Gasteiger partial charge is 0.175 e. The quantitative estimate of drug-likeness (QED) is 0.296. The third-order valence-corrected chi connectivity index (χ3v) is 3.10. The minimum Gasteiger partial charge on any atom is -0.315 e. The molecule has 0 fully saturated rings. The highest BCUT2D eigenvalue weighted by molar-refractivity contribution is 7.80. The van der Waals surface area contributed by atoms with E-state index in [1.54, 1.807) is 7.05 Å². The first kappa shape index (κ1) is 18.4. The molecular weight excluding hydrogens is 276 g/mol. The molecule has 0 unspecified atom stereocenters. The second kappa shape index (κ2) is 9.36. The normalized spacial score (nSPS) is 18.3. The van der Waals surface area contributed by atoms with Gasteiger partial charge < -0.3 is 5.32 Å². The Morgan fingerprint density at radius 1 is 0.944 bits per heavy atom. The first-order chi connectivity index (χ1) is 8.45. The lowest BCUT2D eigenvalue weighted by atomic mass is 10.1. The topological polar surface area (TPSA) is 36.1 Å². The zero-order valence-corrected chi connectivity index (χ0v) is 12.9. The van der Waals surface area contributed by atoms with Crippen molar-refractivity contribution in [1.82, 2.24) is 16.0 Å². The highest BCUT2D eigenvalue weighted by Crippen LogP contribution is 2.17. The number of halogens is 2. The maximum absolute atomic E-state index is 14.4. The van der Waals surface area contributed by atoms with Gasteiger partial charge in [0.15, 0.2) is 11.6 Å². The van der Waals surface area contributed by atoms with E-state index in [4.69, 9.17) is 0 Å². The van der Waals surface area contributed by atoms with Gasteiger partial charge in [0.25, 0.3) is 0 Å². The lowest BCUT2D eigenvalue weighted by molar-refractivity contribution is 0.0512. The molecule has 0 spiro atoms. The second-order valence-electron chi connectivity index (χ2n) is 4.29. The summed E-state index contributed by atoms with van der Waals surface area (Å²) in [4.78, 5) is 0. The molecule has 0 radical (unpaired) electrons. The molecule has 2 atom stereocenters. The summed E-state index contributed by atoms with van der Waals surface area (Å²) in [5, 5.41) is 8.16. The zero-order chi connectivity index (χ0) is 14.1. The molecule has 7 heteroatoms. The SMILES string of the molecule is CCN[C@@](F)(CCS)CN[C@](F)(CCS)CNC. The number of likely N-dealkylation sites (N-methyl/N-ethyl adjacent to an activating group) is 2. The minimum atomic E-state index is -1.64. The van der Waals surface area contributed by atoms with E-state index >= 15 is 0 Å². The summed E-state index contributed by atoms with van der Waals surface area (Å²) in [6.07, 6.45) is 0.452. The third kappa shape index (κ3) is 7.13. The molecule has 0 saturated heterocycles. The van der Waals surface area contributed by atoms with Gasteiger partial charge in [-0.15, -0.1) is 0 Å². The van der Waals surface area contributed by atoms with Crippen molar-refractivity contribution in [1.29, 1.82) is 0 Å². The summed E-state index contributed by atoms with van der Waals surface area (Å²) < 4.78 is 28.7. The van der Waals surface area contributed by atoms with Gasteiger partial charge in [0, 0.05) is 25.9 Å². The summed E-state index contributed by atoms with van der Waals surface area (Å²) in [6.45, 7) is 2.34. The first-order valence-electron chi connectivity index (χ1n) is 6.19. The fourth-order valence-electron chi connectivity index (χ4n) is 1.73. The maximum atomic E-state index is 14.4. The van der Waals surface area contributed by atoms with E-state index < -0.39 is 11.6 Å². The van der Waals surface area contributed by atoms with Crippen LogP contribution in [0, 0.1) is 0 Å². The van der Waals surface area contributed by atoms with E-state index in [2.05, 4.69) is 41.2 Å². The van der Waals surface area contributed by atoms with Crippen molar-refractivity contribution in [3.8, 4) is 0 Å². The predicted octanol–water partition coefficient (Wildman–Crippen LogP) is 1.38. The van der Waals surface area contributed by atoms with Crippen LogP contribution in [0.3, 0.4) is 0 Å². The van der Waals surface area contributed by atoms with Crippen LogP contribution in [-0.2, 0) is 0 Å². The molecule has 0 aliphatic heterocycles. The van der Waals surface area contributed by atoms with E-state index in [-0.39, 0.29) is 25.9 Å². The fraction of sp³-hybridized carbons (Fsp3) is 1.00. The molecule has 0 aliphatic rings. The molecule has 0 rings (SSSR count). The average molecular weight is 301 g/mol. The summed E-state index contributed by atoms with van der Waals surface area (Å²) >= 11 is 8.05. The van der Waals surface area contributed by atoms with Gasteiger partial charge in [-0.05, 0) is 25.1 Å². The van der Waals surface area contributed by atoms with Gasteiger partial charge in [0.2, 0.25) is 0 Å². The van der Waals surface area contributed by atoms with Crippen molar-refractivity contribution >= 4 is 25.3 Å². The van der Waals surface area contributed by atoms with Crippen molar-refractivity contribution in [2.75, 3.05) is 38.2 Å². The van der Waals surface area contributed by atoms with Gasteiger partial charge in [-0.2, -0.15) is 25.3 Å². The Hall–Kier alpha value is 0.440. The summed E-state index contributed by atoms with van der Waals surface area (Å²) in [6, 6.07) is 0. The Bertz CT molecular complexity index is 186. The molecule has 3 nitrogen and oxygen atoms in total. The number of hydrogen-bond donors (Lipinski definition) is 5. The van der Waals surface area contributed by atoms with Gasteiger partial charge in [-0.3, -0.25) is 10.6 Å². The summed E-state index contributed by atoms with van der Waals surface area (Å²) in [5.74, 6) is -2.46. The van der Waals surface area contributed by atoms with E-state index in [0.717, 1.165) is 0 Å². The van der Waals surface area contributed by atoms with E-state index in [9.17, 15) is 8.78 Å². The molecule has 0 bridgehead atoms. The Morgan fingerprint density at radius 3 is 1.83 bits per heavy atom. The highest BCUT2D eigenvalue weighted by atomic mass is 32.1. The van der Waals surface area contributed by atoms with Crippen LogP contribution in [0.15, 0.2) is 0 Å². The van der Waals surface area contributed by atoms with Crippen molar-refractivity contribution in [3.63, 3.8) is 0 Å². The van der Waals surface area contributed by atoms with Gasteiger partial charge in [-0.25, -0.2) is 8.78 Å². The Balaban J connectivity index is 4.44. The second-order valence-corrected chi connectivity index (χ2v) is 5.19. The molecule has 3 N–H and O–H groups in total. The van der Waals surface area contributed by atoms with Crippen LogP contribution in [-0.4, -0.2) is 49.8 Å². The lowest BCUT2D eigenvalue weighted by Crippen LogP contribution is -2.57. The minimum absolute atomic E-state index is 0.0899. The Morgan fingerprint density at radius 2 is 1.44 bits per heavy atom. The number of nitrogens with one attached hydrogen (secondary N) is 3. The molecular formula is C11H25F2N3S2. The van der Waals surface area contributed by atoms with Crippen molar-refractivity contribution in [2.24, 2.45) is 0 Å². The Labute approximate surface area is 120 Å². The van der Waals surface area contributed by atoms with Crippen LogP contribution < -0.4 is 16.0 Å². The van der Waals surface area contributed by atoms with Crippen LogP contribution in [0.1, 0.15) is 19.8 Å². The highest BCUT2D eigenvalue weighted by Gasteiger charge is 2.34. The van der Waals surface area contributed by atoms with E-state index in [1.807, 2.05) is 6.92 Å². The number of rotatable bonds is 11. The van der Waals surface area contributed by atoms with Crippen molar-refractivity contribution in [3.05, 3.63) is 0 Å². The largest absolute Gasteiger partial charge is 0.315 e. The van der Waals surface area contributed by atoms with Gasteiger partial charge in [0.1, 0.15) is 0 Å². The zero-order valence-electron chi connectivity index (χ0n) is 11.1. The van der Waals surface area contributed by atoms with E-state index in [0.29, 0.717) is 18.1 Å². The van der Waals surface area contributed by atoms with Crippen LogP contribution in [0.2, 0.25) is 0 Å². The van der Waals surface area contributed by atoms with Crippen LogP contribution in [0.25, 0.3) is 0 Å². The summed E-state index contributed by atoms with van der Waals surface area (Å²) in [7, 11) is 1.66. The van der Waals surface area contributed by atoms with Gasteiger partial charge >= 0.3 is 0 Å². The van der Waals surface area contributed by atoms with E-state index in [1.165, 1.54) is 0 Å². The fourth-order valence-corrected chi connectivity index (χ4v) is 2.44. The van der Waals surface area contributed by atoms with Crippen molar-refractivity contribution < 1.29 is 8.78 Å². The number of alkyl halides is 2. The van der Waals surface area contributed by atoms with Crippen molar-refractivity contribution in [2.45, 2.75) is 31.4 Å². The first-order valence-corrected chi connectivity index (χ1v) is 7.46. The third-order valence-electron chi connectivity index (χ3n) is 2.65. The predicted molar refractivity (Wildman–Crippen MR) is 80.2 cm³/mol. The van der Waals surface area contributed by atoms with Crippen LogP contribution in [0.5, 0.6) is 0 Å². The molecule has 110 valence electrons. The molecule has 0 aromatic carbocycles. The molecule has 0 aromatic heterocycles. The molecule has 0 saturated carbocycles. The van der Waals surface area contributed by atoms with Crippen LogP contribution in [0.4, 0.5) is 8.78 Å².